The quantitative estimate of drug-likeness (QED) is 0.875. The lowest BCUT2D eigenvalue weighted by Gasteiger charge is -2.33. The predicted molar refractivity (Wildman–Crippen MR) is 79.8 cm³/mol. The number of halogens is 1. The lowest BCUT2D eigenvalue weighted by Crippen LogP contribution is -2.56. The smallest absolute Gasteiger partial charge is 0.329 e. The number of aliphatic carboxylic acids is 1. The zero-order valence-electron chi connectivity index (χ0n) is 11.6. The molecule has 1 aromatic rings. The van der Waals surface area contributed by atoms with Gasteiger partial charge in [0, 0.05) is 6.42 Å². The molecule has 0 saturated carbocycles. The Hall–Kier alpha value is -1.56. The molecular formula is C15H18FNO3S. The van der Waals surface area contributed by atoms with Crippen molar-refractivity contribution in [3.8, 4) is 0 Å². The van der Waals surface area contributed by atoms with Gasteiger partial charge >= 0.3 is 5.97 Å². The molecule has 1 aromatic carbocycles. The summed E-state index contributed by atoms with van der Waals surface area (Å²) in [5.41, 5.74) is -0.263. The first-order chi connectivity index (χ1) is 10.0. The minimum Gasteiger partial charge on any atom is -0.480 e. The summed E-state index contributed by atoms with van der Waals surface area (Å²) in [4.78, 5) is 23.5. The number of amides is 1. The lowest BCUT2D eigenvalue weighted by atomic mass is 9.92. The number of aryl methyl sites for hydroxylation is 1. The third-order valence-electron chi connectivity index (χ3n) is 3.69. The van der Waals surface area contributed by atoms with E-state index in [1.165, 1.54) is 12.1 Å². The van der Waals surface area contributed by atoms with E-state index in [1.807, 2.05) is 0 Å². The molecule has 1 fully saturated rings. The molecule has 1 aliphatic heterocycles. The molecule has 0 aliphatic carbocycles. The summed E-state index contributed by atoms with van der Waals surface area (Å²) in [6.45, 7) is 0. The van der Waals surface area contributed by atoms with Crippen molar-refractivity contribution in [2.45, 2.75) is 31.2 Å². The average Bonchev–Trinajstić information content (AvgIpc) is 2.47. The average molecular weight is 311 g/mol. The van der Waals surface area contributed by atoms with E-state index in [2.05, 4.69) is 5.32 Å². The summed E-state index contributed by atoms with van der Waals surface area (Å²) in [6, 6.07) is 5.97. The van der Waals surface area contributed by atoms with Crippen molar-refractivity contribution in [1.29, 1.82) is 0 Å². The van der Waals surface area contributed by atoms with E-state index in [-0.39, 0.29) is 18.1 Å². The first kappa shape index (κ1) is 15.8. The highest BCUT2D eigenvalue weighted by Crippen LogP contribution is 2.27. The van der Waals surface area contributed by atoms with Gasteiger partial charge in [0.1, 0.15) is 11.4 Å². The number of thioether (sulfide) groups is 1. The SMILES string of the molecule is O=C(CCc1ccc(F)cc1)NC1(C(=O)O)CCSCC1. The van der Waals surface area contributed by atoms with Gasteiger partial charge in [0.15, 0.2) is 0 Å². The van der Waals surface area contributed by atoms with Crippen LogP contribution in [0.3, 0.4) is 0 Å². The topological polar surface area (TPSA) is 66.4 Å². The Morgan fingerprint density at radius 3 is 2.43 bits per heavy atom. The molecule has 0 atom stereocenters. The monoisotopic (exact) mass is 311 g/mol. The fraction of sp³-hybridized carbons (Fsp3) is 0.467. The maximum Gasteiger partial charge on any atom is 0.329 e. The summed E-state index contributed by atoms with van der Waals surface area (Å²) >= 11 is 1.70. The van der Waals surface area contributed by atoms with Crippen LogP contribution in [0.4, 0.5) is 4.39 Å². The first-order valence-corrected chi connectivity index (χ1v) is 8.04. The van der Waals surface area contributed by atoms with Gasteiger partial charge in [-0.05, 0) is 48.5 Å². The third kappa shape index (κ3) is 4.20. The maximum absolute atomic E-state index is 12.8. The van der Waals surface area contributed by atoms with E-state index < -0.39 is 11.5 Å². The van der Waals surface area contributed by atoms with Crippen molar-refractivity contribution in [3.63, 3.8) is 0 Å². The number of carbonyl (C=O) groups is 2. The van der Waals surface area contributed by atoms with Crippen LogP contribution in [0, 0.1) is 5.82 Å². The molecule has 4 nitrogen and oxygen atoms in total. The molecule has 2 N–H and O–H groups in total. The molecule has 1 heterocycles. The van der Waals surface area contributed by atoms with Gasteiger partial charge < -0.3 is 10.4 Å². The lowest BCUT2D eigenvalue weighted by molar-refractivity contribution is -0.148. The van der Waals surface area contributed by atoms with Crippen LogP contribution in [0.25, 0.3) is 0 Å². The fourth-order valence-corrected chi connectivity index (χ4v) is 3.54. The fourth-order valence-electron chi connectivity index (χ4n) is 2.35. The number of benzene rings is 1. The Bertz CT molecular complexity index is 512. The molecule has 1 aliphatic rings. The molecule has 0 bridgehead atoms. The van der Waals surface area contributed by atoms with Gasteiger partial charge in [-0.15, -0.1) is 0 Å². The van der Waals surface area contributed by atoms with Crippen LogP contribution < -0.4 is 5.32 Å². The Labute approximate surface area is 127 Å². The molecule has 1 amide bonds. The Balaban J connectivity index is 1.90. The van der Waals surface area contributed by atoms with E-state index in [0.29, 0.717) is 19.3 Å². The van der Waals surface area contributed by atoms with E-state index in [4.69, 9.17) is 0 Å². The van der Waals surface area contributed by atoms with Crippen molar-refractivity contribution in [1.82, 2.24) is 5.32 Å². The highest BCUT2D eigenvalue weighted by Gasteiger charge is 2.41. The van der Waals surface area contributed by atoms with E-state index in [1.54, 1.807) is 23.9 Å². The summed E-state index contributed by atoms with van der Waals surface area (Å²) in [7, 11) is 0. The van der Waals surface area contributed by atoms with Gasteiger partial charge in [-0.1, -0.05) is 12.1 Å². The highest BCUT2D eigenvalue weighted by molar-refractivity contribution is 7.99. The molecule has 0 aromatic heterocycles. The number of hydrogen-bond acceptors (Lipinski definition) is 3. The zero-order chi connectivity index (χ0) is 15.3. The molecule has 1 saturated heterocycles. The van der Waals surface area contributed by atoms with Gasteiger partial charge in [0.05, 0.1) is 0 Å². The van der Waals surface area contributed by atoms with Crippen molar-refractivity contribution < 1.29 is 19.1 Å². The van der Waals surface area contributed by atoms with Gasteiger partial charge in [-0.3, -0.25) is 4.79 Å². The van der Waals surface area contributed by atoms with E-state index in [9.17, 15) is 19.1 Å². The van der Waals surface area contributed by atoms with Crippen molar-refractivity contribution in [2.75, 3.05) is 11.5 Å². The van der Waals surface area contributed by atoms with Gasteiger partial charge in [-0.2, -0.15) is 11.8 Å². The van der Waals surface area contributed by atoms with Crippen molar-refractivity contribution in [2.24, 2.45) is 0 Å². The number of carbonyl (C=O) groups excluding carboxylic acids is 1. The van der Waals surface area contributed by atoms with Crippen LogP contribution in [0.15, 0.2) is 24.3 Å². The van der Waals surface area contributed by atoms with Crippen LogP contribution in [0.2, 0.25) is 0 Å². The minimum absolute atomic E-state index is 0.202. The van der Waals surface area contributed by atoms with Gasteiger partial charge in [-0.25, -0.2) is 9.18 Å². The second kappa shape index (κ2) is 6.93. The van der Waals surface area contributed by atoms with Crippen LogP contribution in [0.1, 0.15) is 24.8 Å². The predicted octanol–water partition coefficient (Wildman–Crippen LogP) is 2.22. The van der Waals surface area contributed by atoms with Crippen LogP contribution in [-0.2, 0) is 16.0 Å². The largest absolute Gasteiger partial charge is 0.480 e. The van der Waals surface area contributed by atoms with Crippen LogP contribution >= 0.6 is 11.8 Å². The number of nitrogens with one attached hydrogen (secondary N) is 1. The second-order valence-electron chi connectivity index (χ2n) is 5.17. The van der Waals surface area contributed by atoms with Gasteiger partial charge in [0.2, 0.25) is 5.91 Å². The van der Waals surface area contributed by atoms with Crippen LogP contribution in [0.5, 0.6) is 0 Å². The third-order valence-corrected chi connectivity index (χ3v) is 4.67. The van der Waals surface area contributed by atoms with Gasteiger partial charge in [0.25, 0.3) is 0 Å². The maximum atomic E-state index is 12.8. The Kier molecular flexibility index (Phi) is 5.22. The normalized spacial score (nSPS) is 17.2. The molecule has 2 rings (SSSR count). The molecule has 0 radical (unpaired) electrons. The summed E-state index contributed by atoms with van der Waals surface area (Å²) in [5.74, 6) is -0.0611. The Morgan fingerprint density at radius 1 is 1.24 bits per heavy atom. The second-order valence-corrected chi connectivity index (χ2v) is 6.40. The number of carboxylic acid groups (broad SMARTS) is 1. The number of hydrogen-bond donors (Lipinski definition) is 2. The minimum atomic E-state index is -1.12. The van der Waals surface area contributed by atoms with E-state index >= 15 is 0 Å². The van der Waals surface area contributed by atoms with Crippen LogP contribution in [-0.4, -0.2) is 34.0 Å². The molecule has 21 heavy (non-hydrogen) atoms. The molecular weight excluding hydrogens is 293 g/mol. The summed E-state index contributed by atoms with van der Waals surface area (Å²) in [6.07, 6.45) is 1.58. The van der Waals surface area contributed by atoms with Crippen molar-refractivity contribution in [3.05, 3.63) is 35.6 Å². The standard InChI is InChI=1S/C15H18FNO3S/c16-12-4-1-11(2-5-12)3-6-13(18)17-15(14(19)20)7-9-21-10-8-15/h1-2,4-5H,3,6-10H2,(H,17,18)(H,19,20). The summed E-state index contributed by atoms with van der Waals surface area (Å²) < 4.78 is 12.8. The molecule has 6 heteroatoms. The highest BCUT2D eigenvalue weighted by atomic mass is 32.2. The van der Waals surface area contributed by atoms with Crippen molar-refractivity contribution >= 4 is 23.6 Å². The summed E-state index contributed by atoms with van der Waals surface area (Å²) in [5, 5.41) is 12.1. The number of rotatable bonds is 5. The van der Waals surface area contributed by atoms with E-state index in [0.717, 1.165) is 17.1 Å². The Morgan fingerprint density at radius 2 is 1.86 bits per heavy atom. The molecule has 0 spiro atoms. The molecule has 0 unspecified atom stereocenters. The zero-order valence-corrected chi connectivity index (χ0v) is 12.4. The molecule has 114 valence electrons. The first-order valence-electron chi connectivity index (χ1n) is 6.88. The number of carboxylic acids is 1.